The fraction of sp³-hybridized carbons (Fsp3) is 0.500. The van der Waals surface area contributed by atoms with Crippen LogP contribution in [-0.2, 0) is 23.0 Å². The Bertz CT molecular complexity index is 426. The Balaban J connectivity index is 2.31. The minimum Gasteiger partial charge on any atom is -0.312 e. The molecule has 0 fully saturated rings. The van der Waals surface area contributed by atoms with Crippen molar-refractivity contribution >= 4 is 10.0 Å². The molecule has 1 aromatic carbocycles. The van der Waals surface area contributed by atoms with E-state index in [0.717, 1.165) is 6.42 Å². The number of sulfonamides is 1. The molecule has 17 heavy (non-hydrogen) atoms. The topological polar surface area (TPSA) is 58.2 Å². The fourth-order valence-corrected chi connectivity index (χ4v) is 2.05. The highest BCUT2D eigenvalue weighted by molar-refractivity contribution is 7.89. The third kappa shape index (κ3) is 5.30. The fourth-order valence-electron chi connectivity index (χ4n) is 1.43. The van der Waals surface area contributed by atoms with Gasteiger partial charge < -0.3 is 5.32 Å². The third-order valence-electron chi connectivity index (χ3n) is 2.62. The van der Waals surface area contributed by atoms with Gasteiger partial charge in [-0.05, 0) is 24.6 Å². The van der Waals surface area contributed by atoms with Crippen LogP contribution in [0.3, 0.4) is 0 Å². The number of benzene rings is 1. The molecule has 0 spiro atoms. The molecule has 0 saturated carbocycles. The highest BCUT2D eigenvalue weighted by atomic mass is 32.2. The van der Waals surface area contributed by atoms with Gasteiger partial charge in [0.2, 0.25) is 10.0 Å². The first kappa shape index (κ1) is 14.2. The summed E-state index contributed by atoms with van der Waals surface area (Å²) < 4.78 is 24.6. The van der Waals surface area contributed by atoms with Crippen LogP contribution in [0.2, 0.25) is 0 Å². The van der Waals surface area contributed by atoms with Gasteiger partial charge in [-0.1, -0.05) is 31.2 Å². The molecule has 0 atom stereocenters. The smallest absolute Gasteiger partial charge is 0.212 e. The van der Waals surface area contributed by atoms with E-state index in [1.165, 1.54) is 18.2 Å². The summed E-state index contributed by atoms with van der Waals surface area (Å²) in [6.07, 6.45) is 1.04. The summed E-state index contributed by atoms with van der Waals surface area (Å²) in [6, 6.07) is 8.33. The van der Waals surface area contributed by atoms with Crippen molar-refractivity contribution in [2.24, 2.45) is 0 Å². The van der Waals surface area contributed by atoms with E-state index in [1.54, 1.807) is 0 Å². The third-order valence-corrected chi connectivity index (χ3v) is 3.98. The van der Waals surface area contributed by atoms with Crippen LogP contribution in [0, 0.1) is 0 Å². The highest BCUT2D eigenvalue weighted by Crippen LogP contribution is 2.04. The molecule has 0 aromatic heterocycles. The average molecular weight is 256 g/mol. The number of nitrogens with one attached hydrogen (secondary N) is 2. The summed E-state index contributed by atoms with van der Waals surface area (Å²) in [7, 11) is -1.67. The Labute approximate surface area is 103 Å². The summed E-state index contributed by atoms with van der Waals surface area (Å²) >= 11 is 0. The van der Waals surface area contributed by atoms with E-state index in [4.69, 9.17) is 0 Å². The van der Waals surface area contributed by atoms with Crippen molar-refractivity contribution < 1.29 is 8.42 Å². The Hall–Kier alpha value is -0.910. The lowest BCUT2D eigenvalue weighted by atomic mass is 10.1. The molecular weight excluding hydrogens is 236 g/mol. The number of aryl methyl sites for hydroxylation is 1. The van der Waals surface area contributed by atoms with E-state index in [9.17, 15) is 8.42 Å². The molecule has 0 aliphatic carbocycles. The van der Waals surface area contributed by atoms with Gasteiger partial charge in [-0.3, -0.25) is 0 Å². The summed E-state index contributed by atoms with van der Waals surface area (Å²) in [5.74, 6) is 0.108. The molecule has 0 saturated heterocycles. The summed E-state index contributed by atoms with van der Waals surface area (Å²) in [5.41, 5.74) is 2.48. The number of rotatable bonds is 7. The SMILES string of the molecule is CCc1ccc(CNCCS(=O)(=O)NC)cc1. The van der Waals surface area contributed by atoms with Crippen LogP contribution < -0.4 is 10.0 Å². The van der Waals surface area contributed by atoms with Crippen molar-refractivity contribution in [3.63, 3.8) is 0 Å². The van der Waals surface area contributed by atoms with Crippen LogP contribution in [0.5, 0.6) is 0 Å². The molecule has 0 radical (unpaired) electrons. The van der Waals surface area contributed by atoms with Gasteiger partial charge in [0.25, 0.3) is 0 Å². The van der Waals surface area contributed by atoms with Crippen LogP contribution in [0.4, 0.5) is 0 Å². The molecule has 0 bridgehead atoms. The molecule has 0 unspecified atom stereocenters. The molecule has 1 aromatic rings. The highest BCUT2D eigenvalue weighted by Gasteiger charge is 2.05. The van der Waals surface area contributed by atoms with Gasteiger partial charge in [0.1, 0.15) is 0 Å². The zero-order valence-corrected chi connectivity index (χ0v) is 11.2. The van der Waals surface area contributed by atoms with E-state index in [2.05, 4.69) is 41.2 Å². The average Bonchev–Trinajstić information content (AvgIpc) is 2.35. The van der Waals surface area contributed by atoms with Crippen molar-refractivity contribution in [2.75, 3.05) is 19.3 Å². The van der Waals surface area contributed by atoms with Crippen LogP contribution >= 0.6 is 0 Å². The van der Waals surface area contributed by atoms with E-state index < -0.39 is 10.0 Å². The predicted molar refractivity (Wildman–Crippen MR) is 70.4 cm³/mol. The number of hydrogen-bond donors (Lipinski definition) is 2. The lowest BCUT2D eigenvalue weighted by Crippen LogP contribution is -2.29. The summed E-state index contributed by atoms with van der Waals surface area (Å²) in [6.45, 7) is 3.28. The van der Waals surface area contributed by atoms with Crippen molar-refractivity contribution in [2.45, 2.75) is 19.9 Å². The van der Waals surface area contributed by atoms with Gasteiger partial charge >= 0.3 is 0 Å². The monoisotopic (exact) mass is 256 g/mol. The largest absolute Gasteiger partial charge is 0.312 e. The minimum absolute atomic E-state index is 0.108. The molecule has 5 heteroatoms. The second-order valence-electron chi connectivity index (χ2n) is 3.87. The second-order valence-corrected chi connectivity index (χ2v) is 5.92. The maximum atomic E-state index is 11.1. The molecule has 0 amide bonds. The first-order valence-electron chi connectivity index (χ1n) is 5.77. The van der Waals surface area contributed by atoms with Crippen molar-refractivity contribution in [3.8, 4) is 0 Å². The molecule has 1 rings (SSSR count). The first-order valence-corrected chi connectivity index (χ1v) is 7.42. The van der Waals surface area contributed by atoms with Crippen molar-refractivity contribution in [3.05, 3.63) is 35.4 Å². The van der Waals surface area contributed by atoms with Crippen LogP contribution in [-0.4, -0.2) is 27.8 Å². The predicted octanol–water partition coefficient (Wildman–Crippen LogP) is 0.888. The van der Waals surface area contributed by atoms with Gasteiger partial charge in [-0.25, -0.2) is 13.1 Å². The Morgan fingerprint density at radius 2 is 1.71 bits per heavy atom. The van der Waals surface area contributed by atoms with E-state index >= 15 is 0 Å². The molecule has 4 nitrogen and oxygen atoms in total. The van der Waals surface area contributed by atoms with Gasteiger partial charge in [0, 0.05) is 13.1 Å². The number of hydrogen-bond acceptors (Lipinski definition) is 3. The second kappa shape index (κ2) is 6.74. The molecule has 0 heterocycles. The van der Waals surface area contributed by atoms with Gasteiger partial charge in [-0.15, -0.1) is 0 Å². The molecule has 96 valence electrons. The van der Waals surface area contributed by atoms with E-state index in [0.29, 0.717) is 13.1 Å². The van der Waals surface area contributed by atoms with Crippen LogP contribution in [0.25, 0.3) is 0 Å². The summed E-state index contributed by atoms with van der Waals surface area (Å²) in [5, 5.41) is 3.11. The van der Waals surface area contributed by atoms with Crippen LogP contribution in [0.15, 0.2) is 24.3 Å². The standard InChI is InChI=1S/C12H20N2O2S/c1-3-11-4-6-12(7-5-11)10-14-8-9-17(15,16)13-2/h4-7,13-14H,3,8-10H2,1-2H3. The molecule has 0 aliphatic rings. The molecule has 2 N–H and O–H groups in total. The van der Waals surface area contributed by atoms with E-state index in [-0.39, 0.29) is 5.75 Å². The van der Waals surface area contributed by atoms with Crippen molar-refractivity contribution in [1.82, 2.24) is 10.0 Å². The lowest BCUT2D eigenvalue weighted by molar-refractivity contribution is 0.583. The van der Waals surface area contributed by atoms with E-state index in [1.807, 2.05) is 0 Å². The van der Waals surface area contributed by atoms with Gasteiger partial charge in [0.15, 0.2) is 0 Å². The Kier molecular flexibility index (Phi) is 5.61. The molecule has 0 aliphatic heterocycles. The van der Waals surface area contributed by atoms with Crippen molar-refractivity contribution in [1.29, 1.82) is 0 Å². The minimum atomic E-state index is -3.10. The zero-order chi connectivity index (χ0) is 12.7. The maximum Gasteiger partial charge on any atom is 0.212 e. The Morgan fingerprint density at radius 3 is 2.24 bits per heavy atom. The van der Waals surface area contributed by atoms with Gasteiger partial charge in [0.05, 0.1) is 5.75 Å². The normalized spacial score (nSPS) is 11.6. The van der Waals surface area contributed by atoms with Crippen LogP contribution in [0.1, 0.15) is 18.1 Å². The quantitative estimate of drug-likeness (QED) is 0.712. The first-order chi connectivity index (χ1) is 8.07. The summed E-state index contributed by atoms with van der Waals surface area (Å²) in [4.78, 5) is 0. The zero-order valence-electron chi connectivity index (χ0n) is 10.4. The lowest BCUT2D eigenvalue weighted by Gasteiger charge is -2.06. The van der Waals surface area contributed by atoms with Gasteiger partial charge in [-0.2, -0.15) is 0 Å². The Morgan fingerprint density at radius 1 is 1.12 bits per heavy atom. The maximum absolute atomic E-state index is 11.1. The molecular formula is C12H20N2O2S.